The lowest BCUT2D eigenvalue weighted by Gasteiger charge is -2.26. The maximum absolute atomic E-state index is 12.9. The zero-order valence-electron chi connectivity index (χ0n) is 18.2. The molecule has 0 atom stereocenters. The third-order valence-electron chi connectivity index (χ3n) is 5.54. The van der Waals surface area contributed by atoms with Gasteiger partial charge in [-0.3, -0.25) is 9.59 Å². The molecule has 2 amide bonds. The van der Waals surface area contributed by atoms with Gasteiger partial charge < -0.3 is 15.1 Å². The molecule has 4 rings (SSSR count). The fourth-order valence-electron chi connectivity index (χ4n) is 3.68. The van der Waals surface area contributed by atoms with Crippen LogP contribution in [0.2, 0.25) is 0 Å². The molecule has 0 radical (unpaired) electrons. The third kappa shape index (κ3) is 5.15. The summed E-state index contributed by atoms with van der Waals surface area (Å²) in [5.74, 6) is -0.678. The number of carbonyl (C=O) groups excluding carboxylic acids is 2. The van der Waals surface area contributed by atoms with E-state index < -0.39 is 21.8 Å². The van der Waals surface area contributed by atoms with E-state index in [1.807, 2.05) is 6.92 Å². The highest BCUT2D eigenvalue weighted by atomic mass is 32.2. The first kappa shape index (κ1) is 22.8. The number of hydrogen-bond donors (Lipinski definition) is 2. The predicted octanol–water partition coefficient (Wildman–Crippen LogP) is 4.27. The Kier molecular flexibility index (Phi) is 6.62. The molecule has 1 saturated heterocycles. The van der Waals surface area contributed by atoms with Gasteiger partial charge in [-0.25, -0.2) is 8.42 Å². The molecule has 0 unspecified atom stereocenters. The molecule has 8 nitrogen and oxygen atoms in total. The van der Waals surface area contributed by atoms with Crippen molar-refractivity contribution in [3.63, 3.8) is 0 Å². The van der Waals surface area contributed by atoms with Gasteiger partial charge in [-0.1, -0.05) is 18.6 Å². The van der Waals surface area contributed by atoms with Crippen LogP contribution in [0.3, 0.4) is 0 Å². The van der Waals surface area contributed by atoms with Crippen LogP contribution in [0.25, 0.3) is 0 Å². The van der Waals surface area contributed by atoms with Crippen molar-refractivity contribution in [3.05, 3.63) is 77.7 Å². The molecule has 2 heterocycles. The number of nitrogens with one attached hydrogen (secondary N) is 2. The molecule has 0 saturated carbocycles. The molecule has 9 heteroatoms. The van der Waals surface area contributed by atoms with Crippen LogP contribution in [0.4, 0.5) is 11.4 Å². The zero-order chi connectivity index (χ0) is 23.4. The number of piperidine rings is 1. The SMILES string of the molecule is Cc1ccc(C(=O)Nc2cccc(S(=O)(=O)N3CCCCC3)c2)cc1NC(=O)c1ccco1. The topological polar surface area (TPSA) is 109 Å². The van der Waals surface area contributed by atoms with Gasteiger partial charge in [0.25, 0.3) is 11.8 Å². The number of rotatable bonds is 6. The first-order valence-corrected chi connectivity index (χ1v) is 12.2. The minimum absolute atomic E-state index is 0.150. The summed E-state index contributed by atoms with van der Waals surface area (Å²) in [5.41, 5.74) is 1.95. The van der Waals surface area contributed by atoms with Crippen LogP contribution in [-0.2, 0) is 10.0 Å². The van der Waals surface area contributed by atoms with Gasteiger partial charge in [0, 0.05) is 30.0 Å². The van der Waals surface area contributed by atoms with E-state index in [0.717, 1.165) is 24.8 Å². The van der Waals surface area contributed by atoms with Gasteiger partial charge in [0.2, 0.25) is 10.0 Å². The lowest BCUT2D eigenvalue weighted by atomic mass is 10.1. The van der Waals surface area contributed by atoms with Crippen LogP contribution >= 0.6 is 0 Å². The highest BCUT2D eigenvalue weighted by Crippen LogP contribution is 2.24. The van der Waals surface area contributed by atoms with E-state index in [2.05, 4.69) is 10.6 Å². The molecule has 0 spiro atoms. The Morgan fingerprint density at radius 3 is 2.42 bits per heavy atom. The van der Waals surface area contributed by atoms with E-state index in [1.54, 1.807) is 42.5 Å². The largest absolute Gasteiger partial charge is 0.459 e. The van der Waals surface area contributed by atoms with Crippen molar-refractivity contribution in [1.82, 2.24) is 4.31 Å². The molecule has 1 aliphatic rings. The van der Waals surface area contributed by atoms with E-state index in [9.17, 15) is 18.0 Å². The fraction of sp³-hybridized carbons (Fsp3) is 0.250. The van der Waals surface area contributed by atoms with Gasteiger partial charge in [-0.2, -0.15) is 4.31 Å². The summed E-state index contributed by atoms with van der Waals surface area (Å²) in [7, 11) is -3.61. The smallest absolute Gasteiger partial charge is 0.291 e. The Labute approximate surface area is 192 Å². The van der Waals surface area contributed by atoms with Crippen molar-refractivity contribution in [2.45, 2.75) is 31.1 Å². The highest BCUT2D eigenvalue weighted by molar-refractivity contribution is 7.89. The summed E-state index contributed by atoms with van der Waals surface area (Å²) in [5, 5.41) is 5.49. The van der Waals surface area contributed by atoms with Crippen molar-refractivity contribution in [3.8, 4) is 0 Å². The lowest BCUT2D eigenvalue weighted by molar-refractivity contribution is 0.0993. The minimum atomic E-state index is -3.61. The number of amides is 2. The summed E-state index contributed by atoms with van der Waals surface area (Å²) in [6, 6.07) is 14.4. The summed E-state index contributed by atoms with van der Waals surface area (Å²) >= 11 is 0. The van der Waals surface area contributed by atoms with Crippen LogP contribution < -0.4 is 10.6 Å². The van der Waals surface area contributed by atoms with Gasteiger partial charge in [0.15, 0.2) is 5.76 Å². The Morgan fingerprint density at radius 1 is 0.909 bits per heavy atom. The Hall–Kier alpha value is -3.43. The second kappa shape index (κ2) is 9.60. The normalized spacial score (nSPS) is 14.6. The number of anilines is 2. The summed E-state index contributed by atoms with van der Waals surface area (Å²) in [4.78, 5) is 25.3. The lowest BCUT2D eigenvalue weighted by Crippen LogP contribution is -2.35. The Balaban J connectivity index is 1.50. The molecule has 0 bridgehead atoms. The first-order valence-electron chi connectivity index (χ1n) is 10.7. The molecular weight excluding hydrogens is 442 g/mol. The predicted molar refractivity (Wildman–Crippen MR) is 125 cm³/mol. The second-order valence-corrected chi connectivity index (χ2v) is 9.85. The molecule has 33 heavy (non-hydrogen) atoms. The molecule has 1 fully saturated rings. The fourth-order valence-corrected chi connectivity index (χ4v) is 5.24. The summed E-state index contributed by atoms with van der Waals surface area (Å²) < 4.78 is 32.5. The van der Waals surface area contributed by atoms with Crippen LogP contribution in [0.1, 0.15) is 45.7 Å². The average Bonchev–Trinajstić information content (AvgIpc) is 3.36. The number of benzene rings is 2. The molecule has 0 aliphatic carbocycles. The number of furan rings is 1. The standard InChI is InChI=1S/C24H25N3O5S/c1-17-10-11-18(15-21(17)26-24(29)22-9-6-14-32-22)23(28)25-19-7-5-8-20(16-19)33(30,31)27-12-3-2-4-13-27/h5-11,14-16H,2-4,12-13H2,1H3,(H,25,28)(H,26,29). The zero-order valence-corrected chi connectivity index (χ0v) is 19.0. The van der Waals surface area contributed by atoms with Crippen LogP contribution in [0, 0.1) is 6.92 Å². The Morgan fingerprint density at radius 2 is 1.70 bits per heavy atom. The molecule has 1 aromatic heterocycles. The van der Waals surface area contributed by atoms with Crippen LogP contribution in [0.15, 0.2) is 70.2 Å². The molecular formula is C24H25N3O5S. The van der Waals surface area contributed by atoms with Crippen LogP contribution in [-0.4, -0.2) is 37.6 Å². The Bertz CT molecular complexity index is 1260. The summed E-state index contributed by atoms with van der Waals surface area (Å²) in [6.45, 7) is 2.83. The van der Waals surface area contributed by atoms with Gasteiger partial charge >= 0.3 is 0 Å². The van der Waals surface area contributed by atoms with Gasteiger partial charge in [-0.15, -0.1) is 0 Å². The van der Waals surface area contributed by atoms with E-state index in [1.165, 1.54) is 22.7 Å². The number of hydrogen-bond acceptors (Lipinski definition) is 5. The number of nitrogens with zero attached hydrogens (tertiary/aromatic N) is 1. The highest BCUT2D eigenvalue weighted by Gasteiger charge is 2.26. The molecule has 2 N–H and O–H groups in total. The van der Waals surface area contributed by atoms with Crippen molar-refractivity contribution in [2.75, 3.05) is 23.7 Å². The van der Waals surface area contributed by atoms with Crippen molar-refractivity contribution >= 4 is 33.2 Å². The van der Waals surface area contributed by atoms with E-state index >= 15 is 0 Å². The molecule has 172 valence electrons. The van der Waals surface area contributed by atoms with E-state index in [4.69, 9.17) is 4.42 Å². The summed E-state index contributed by atoms with van der Waals surface area (Å²) in [6.07, 6.45) is 4.14. The van der Waals surface area contributed by atoms with E-state index in [-0.39, 0.29) is 10.7 Å². The maximum atomic E-state index is 12.9. The first-order chi connectivity index (χ1) is 15.8. The van der Waals surface area contributed by atoms with E-state index in [0.29, 0.717) is 30.0 Å². The van der Waals surface area contributed by atoms with Gasteiger partial charge in [0.05, 0.1) is 11.2 Å². The average molecular weight is 468 g/mol. The van der Waals surface area contributed by atoms with Gasteiger partial charge in [-0.05, 0) is 67.8 Å². The van der Waals surface area contributed by atoms with Crippen molar-refractivity contribution in [1.29, 1.82) is 0 Å². The van der Waals surface area contributed by atoms with Crippen molar-refractivity contribution in [2.24, 2.45) is 0 Å². The third-order valence-corrected chi connectivity index (χ3v) is 7.43. The van der Waals surface area contributed by atoms with Gasteiger partial charge in [0.1, 0.15) is 0 Å². The molecule has 1 aliphatic heterocycles. The minimum Gasteiger partial charge on any atom is -0.459 e. The molecule has 2 aromatic carbocycles. The number of sulfonamides is 1. The monoisotopic (exact) mass is 467 g/mol. The maximum Gasteiger partial charge on any atom is 0.291 e. The van der Waals surface area contributed by atoms with Crippen molar-refractivity contribution < 1.29 is 22.4 Å². The number of aryl methyl sites for hydroxylation is 1. The number of carbonyl (C=O) groups is 2. The van der Waals surface area contributed by atoms with Crippen LogP contribution in [0.5, 0.6) is 0 Å². The second-order valence-electron chi connectivity index (χ2n) is 7.91. The molecule has 3 aromatic rings. The quantitative estimate of drug-likeness (QED) is 0.563.